The van der Waals surface area contributed by atoms with Crippen molar-refractivity contribution < 1.29 is 19.5 Å². The van der Waals surface area contributed by atoms with Crippen LogP contribution in [0, 0.1) is 12.3 Å². The largest absolute Gasteiger partial charge is 0.489 e. The number of rotatable bonds is 6. The van der Waals surface area contributed by atoms with Crippen LogP contribution in [0.2, 0.25) is 0 Å². The van der Waals surface area contributed by atoms with Gasteiger partial charge in [0.15, 0.2) is 0 Å². The molecule has 1 aliphatic heterocycles. The maximum absolute atomic E-state index is 13.4. The van der Waals surface area contributed by atoms with E-state index in [4.69, 9.17) is 10.5 Å². The number of hydroxylamine groups is 1. The molecule has 0 aliphatic carbocycles. The molecule has 2 heterocycles. The minimum atomic E-state index is -1.25. The molecule has 1 saturated heterocycles. The Morgan fingerprint density at radius 3 is 2.57 bits per heavy atom. The van der Waals surface area contributed by atoms with Crippen LogP contribution < -0.4 is 16.0 Å². The van der Waals surface area contributed by atoms with E-state index in [0.29, 0.717) is 30.9 Å². The van der Waals surface area contributed by atoms with Crippen molar-refractivity contribution in [1.82, 2.24) is 15.4 Å². The molecule has 1 aliphatic rings. The van der Waals surface area contributed by atoms with E-state index in [0.717, 1.165) is 22.2 Å². The molecule has 0 radical (unpaired) electrons. The second-order valence-corrected chi connectivity index (χ2v) is 10.2. The van der Waals surface area contributed by atoms with Gasteiger partial charge in [0.1, 0.15) is 23.9 Å². The average molecular weight is 477 g/mol. The van der Waals surface area contributed by atoms with Crippen molar-refractivity contribution in [2.75, 3.05) is 6.54 Å². The second kappa shape index (κ2) is 9.28. The van der Waals surface area contributed by atoms with Gasteiger partial charge in [-0.1, -0.05) is 51.1 Å². The lowest BCUT2D eigenvalue weighted by molar-refractivity contribution is -0.148. The fourth-order valence-corrected chi connectivity index (χ4v) is 4.86. The van der Waals surface area contributed by atoms with Crippen LogP contribution >= 0.6 is 0 Å². The quantitative estimate of drug-likeness (QED) is 0.371. The number of aromatic nitrogens is 1. The highest BCUT2D eigenvalue weighted by Gasteiger charge is 2.51. The predicted octanol–water partition coefficient (Wildman–Crippen LogP) is 3.43. The smallest absolute Gasteiger partial charge is 0.266 e. The van der Waals surface area contributed by atoms with E-state index in [-0.39, 0.29) is 5.91 Å². The summed E-state index contributed by atoms with van der Waals surface area (Å²) >= 11 is 0. The number of amides is 2. The molecule has 4 N–H and O–H groups in total. The molecule has 1 fully saturated rings. The Morgan fingerprint density at radius 2 is 1.91 bits per heavy atom. The number of fused-ring (bicyclic) bond motifs is 1. The third-order valence-corrected chi connectivity index (χ3v) is 6.57. The third kappa shape index (κ3) is 4.72. The SMILES string of the molecule is Cc1cc(COc2ccc(C3(N)CCN(C(C(=O)NO)C(C)(C)C)C3=O)cc2)c2ccccc2n1. The van der Waals surface area contributed by atoms with Crippen molar-refractivity contribution in [3.05, 3.63) is 71.4 Å². The molecular formula is C27H32N4O4. The molecule has 35 heavy (non-hydrogen) atoms. The summed E-state index contributed by atoms with van der Waals surface area (Å²) in [6.07, 6.45) is 0.361. The number of carbonyl (C=O) groups is 2. The number of aryl methyl sites for hydroxylation is 1. The van der Waals surface area contributed by atoms with E-state index < -0.39 is 22.9 Å². The van der Waals surface area contributed by atoms with Crippen LogP contribution in [0.1, 0.15) is 44.0 Å². The molecule has 0 spiro atoms. The van der Waals surface area contributed by atoms with Gasteiger partial charge in [-0.3, -0.25) is 19.8 Å². The van der Waals surface area contributed by atoms with Gasteiger partial charge < -0.3 is 15.4 Å². The fourth-order valence-electron chi connectivity index (χ4n) is 4.86. The molecule has 3 aromatic rings. The first-order valence-electron chi connectivity index (χ1n) is 11.7. The number of nitrogens with two attached hydrogens (primary N) is 1. The molecule has 1 aromatic heterocycles. The lowest BCUT2D eigenvalue weighted by Crippen LogP contribution is -2.56. The van der Waals surface area contributed by atoms with E-state index >= 15 is 0 Å². The van der Waals surface area contributed by atoms with Crippen molar-refractivity contribution in [2.24, 2.45) is 11.1 Å². The zero-order valence-corrected chi connectivity index (χ0v) is 20.5. The summed E-state index contributed by atoms with van der Waals surface area (Å²) in [6, 6.07) is 16.3. The second-order valence-electron chi connectivity index (χ2n) is 10.2. The molecule has 184 valence electrons. The number of hydrogen-bond donors (Lipinski definition) is 3. The van der Waals surface area contributed by atoms with E-state index in [1.807, 2.05) is 58.0 Å². The zero-order chi connectivity index (χ0) is 25.4. The van der Waals surface area contributed by atoms with Crippen LogP contribution in [0.15, 0.2) is 54.6 Å². The van der Waals surface area contributed by atoms with E-state index in [9.17, 15) is 14.8 Å². The van der Waals surface area contributed by atoms with Crippen LogP contribution in [0.5, 0.6) is 5.75 Å². The van der Waals surface area contributed by atoms with Crippen LogP contribution in [0.25, 0.3) is 10.9 Å². The molecule has 0 bridgehead atoms. The molecule has 4 rings (SSSR count). The van der Waals surface area contributed by atoms with Gasteiger partial charge in [-0.15, -0.1) is 0 Å². The van der Waals surface area contributed by atoms with Gasteiger partial charge in [-0.05, 0) is 48.6 Å². The molecule has 2 amide bonds. The molecular weight excluding hydrogens is 444 g/mol. The minimum absolute atomic E-state index is 0.317. The summed E-state index contributed by atoms with van der Waals surface area (Å²) in [5, 5.41) is 10.3. The van der Waals surface area contributed by atoms with E-state index in [1.165, 1.54) is 4.90 Å². The molecule has 2 atom stereocenters. The van der Waals surface area contributed by atoms with Gasteiger partial charge in [-0.25, -0.2) is 5.48 Å². The van der Waals surface area contributed by atoms with Crippen molar-refractivity contribution >= 4 is 22.7 Å². The molecule has 8 nitrogen and oxygen atoms in total. The molecule has 2 aromatic carbocycles. The Balaban J connectivity index is 1.51. The van der Waals surface area contributed by atoms with E-state index in [2.05, 4.69) is 4.98 Å². The number of nitrogens with zero attached hydrogens (tertiary/aromatic N) is 2. The Morgan fingerprint density at radius 1 is 1.23 bits per heavy atom. The standard InChI is InChI=1S/C27H32N4O4/c1-17-15-18(21-7-5-6-8-22(21)29-17)16-35-20-11-9-19(10-12-20)27(28)13-14-31(25(27)33)23(24(32)30-34)26(2,3)4/h5-12,15,23,34H,13-14,16,28H2,1-4H3,(H,30,32). The summed E-state index contributed by atoms with van der Waals surface area (Å²) < 4.78 is 6.04. The number of ether oxygens (including phenoxy) is 1. The maximum Gasteiger partial charge on any atom is 0.266 e. The highest BCUT2D eigenvalue weighted by atomic mass is 16.5. The monoisotopic (exact) mass is 476 g/mol. The Hall–Kier alpha value is -3.49. The van der Waals surface area contributed by atoms with Crippen LogP contribution in [0.3, 0.4) is 0 Å². The lowest BCUT2D eigenvalue weighted by atomic mass is 9.84. The van der Waals surface area contributed by atoms with Crippen LogP contribution in [-0.2, 0) is 21.7 Å². The van der Waals surface area contributed by atoms with Gasteiger partial charge in [0.25, 0.3) is 5.91 Å². The number of nitrogens with one attached hydrogen (secondary N) is 1. The average Bonchev–Trinajstić information content (AvgIpc) is 3.12. The van der Waals surface area contributed by atoms with Gasteiger partial charge >= 0.3 is 0 Å². The number of hydrogen-bond acceptors (Lipinski definition) is 6. The van der Waals surface area contributed by atoms with Crippen molar-refractivity contribution in [1.29, 1.82) is 0 Å². The lowest BCUT2D eigenvalue weighted by Gasteiger charge is -2.37. The molecule has 8 heteroatoms. The summed E-state index contributed by atoms with van der Waals surface area (Å²) in [5.74, 6) is -0.309. The Kier molecular flexibility index (Phi) is 6.53. The number of pyridine rings is 1. The van der Waals surface area contributed by atoms with Gasteiger partial charge in [0.05, 0.1) is 5.52 Å². The van der Waals surface area contributed by atoms with Crippen molar-refractivity contribution in [2.45, 2.75) is 52.3 Å². The maximum atomic E-state index is 13.4. The number of benzene rings is 2. The van der Waals surface area contributed by atoms with Crippen LogP contribution in [-0.4, -0.2) is 39.5 Å². The first-order chi connectivity index (χ1) is 16.5. The summed E-state index contributed by atoms with van der Waals surface area (Å²) in [4.78, 5) is 31.8. The normalized spacial score (nSPS) is 19.1. The van der Waals surface area contributed by atoms with Crippen molar-refractivity contribution in [3.63, 3.8) is 0 Å². The third-order valence-electron chi connectivity index (χ3n) is 6.57. The summed E-state index contributed by atoms with van der Waals surface area (Å²) in [5.41, 5.74) is 10.0. The molecule has 2 unspecified atom stereocenters. The van der Waals surface area contributed by atoms with Gasteiger partial charge in [-0.2, -0.15) is 0 Å². The Labute approximate surface area is 205 Å². The summed E-state index contributed by atoms with van der Waals surface area (Å²) in [7, 11) is 0. The van der Waals surface area contributed by atoms with E-state index in [1.54, 1.807) is 29.7 Å². The minimum Gasteiger partial charge on any atom is -0.489 e. The highest BCUT2D eigenvalue weighted by Crippen LogP contribution is 2.37. The first-order valence-corrected chi connectivity index (χ1v) is 11.7. The first kappa shape index (κ1) is 24.6. The van der Waals surface area contributed by atoms with Crippen molar-refractivity contribution in [3.8, 4) is 5.75 Å². The number of likely N-dealkylation sites (tertiary alicyclic amines) is 1. The number of carbonyl (C=O) groups excluding carboxylic acids is 2. The van der Waals surface area contributed by atoms with Gasteiger partial charge in [0, 0.05) is 23.2 Å². The Bertz CT molecular complexity index is 1250. The highest BCUT2D eigenvalue weighted by molar-refractivity contribution is 5.94. The zero-order valence-electron chi connectivity index (χ0n) is 20.5. The molecule has 0 saturated carbocycles. The fraction of sp³-hybridized carbons (Fsp3) is 0.370. The number of para-hydroxylation sites is 1. The predicted molar refractivity (Wildman–Crippen MR) is 133 cm³/mol. The topological polar surface area (TPSA) is 118 Å². The van der Waals surface area contributed by atoms with Gasteiger partial charge in [0.2, 0.25) is 5.91 Å². The van der Waals surface area contributed by atoms with Crippen LogP contribution in [0.4, 0.5) is 0 Å². The summed E-state index contributed by atoms with van der Waals surface area (Å²) in [6.45, 7) is 8.19.